The predicted molar refractivity (Wildman–Crippen MR) is 78.8 cm³/mol. The topological polar surface area (TPSA) is 41.7 Å². The highest BCUT2D eigenvalue weighted by Crippen LogP contribution is 2.33. The van der Waals surface area contributed by atoms with E-state index in [1.54, 1.807) is 7.11 Å². The first-order valence-corrected chi connectivity index (χ1v) is 7.09. The van der Waals surface area contributed by atoms with E-state index in [9.17, 15) is 0 Å². The molecule has 2 saturated heterocycles. The van der Waals surface area contributed by atoms with E-state index in [2.05, 4.69) is 29.0 Å². The number of methoxy groups -OCH3 is 1. The average molecular weight is 261 g/mol. The van der Waals surface area contributed by atoms with E-state index in [0.717, 1.165) is 24.9 Å². The van der Waals surface area contributed by atoms with Gasteiger partial charge >= 0.3 is 0 Å². The smallest absolute Gasteiger partial charge is 0.143 e. The number of rotatable bonds is 2. The van der Waals surface area contributed by atoms with E-state index in [1.165, 1.54) is 24.9 Å². The Morgan fingerprint density at radius 2 is 2.00 bits per heavy atom. The van der Waals surface area contributed by atoms with Crippen molar-refractivity contribution in [1.82, 2.24) is 4.90 Å². The molecule has 4 heteroatoms. The Morgan fingerprint density at radius 3 is 2.79 bits per heavy atom. The maximum absolute atomic E-state index is 5.89. The van der Waals surface area contributed by atoms with Gasteiger partial charge in [-0.15, -0.1) is 0 Å². The van der Waals surface area contributed by atoms with Gasteiger partial charge < -0.3 is 15.4 Å². The van der Waals surface area contributed by atoms with E-state index < -0.39 is 0 Å². The van der Waals surface area contributed by atoms with Crippen LogP contribution in [-0.2, 0) is 0 Å². The molecule has 3 rings (SSSR count). The number of ether oxygens (including phenoxy) is 1. The Hall–Kier alpha value is -1.42. The van der Waals surface area contributed by atoms with Crippen LogP contribution < -0.4 is 15.4 Å². The molecular formula is C15H23N3O. The van der Waals surface area contributed by atoms with Gasteiger partial charge in [0.15, 0.2) is 0 Å². The van der Waals surface area contributed by atoms with Gasteiger partial charge in [0.05, 0.1) is 12.8 Å². The van der Waals surface area contributed by atoms with Gasteiger partial charge in [-0.1, -0.05) is 0 Å². The van der Waals surface area contributed by atoms with Crippen LogP contribution in [0.2, 0.25) is 0 Å². The van der Waals surface area contributed by atoms with Crippen molar-refractivity contribution in [1.29, 1.82) is 0 Å². The summed E-state index contributed by atoms with van der Waals surface area (Å²) in [5.41, 5.74) is 7.83. The summed E-state index contributed by atoms with van der Waals surface area (Å²) in [5, 5.41) is 0. The largest absolute Gasteiger partial charge is 0.495 e. The Labute approximate surface area is 115 Å². The highest BCUT2D eigenvalue weighted by Gasteiger charge is 2.34. The van der Waals surface area contributed by atoms with Gasteiger partial charge in [-0.2, -0.15) is 0 Å². The fourth-order valence-corrected chi connectivity index (χ4v) is 3.44. The van der Waals surface area contributed by atoms with Crippen molar-refractivity contribution in [3.05, 3.63) is 18.2 Å². The Balaban J connectivity index is 1.82. The van der Waals surface area contributed by atoms with E-state index in [1.807, 2.05) is 6.07 Å². The van der Waals surface area contributed by atoms with Crippen LogP contribution in [0.3, 0.4) is 0 Å². The minimum absolute atomic E-state index is 0.691. The highest BCUT2D eigenvalue weighted by atomic mass is 16.5. The monoisotopic (exact) mass is 261 g/mol. The molecule has 2 heterocycles. The number of nitrogen functional groups attached to an aromatic ring is 1. The van der Waals surface area contributed by atoms with Crippen molar-refractivity contribution < 1.29 is 4.74 Å². The Bertz CT molecular complexity index is 463. The minimum atomic E-state index is 0.691. The molecule has 2 fully saturated rings. The van der Waals surface area contributed by atoms with Crippen molar-refractivity contribution in [3.8, 4) is 5.75 Å². The lowest BCUT2D eigenvalue weighted by Crippen LogP contribution is -2.36. The van der Waals surface area contributed by atoms with Crippen LogP contribution in [0.4, 0.5) is 11.4 Å². The summed E-state index contributed by atoms with van der Waals surface area (Å²) in [5.74, 6) is 0.778. The average Bonchev–Trinajstić information content (AvgIpc) is 2.64. The van der Waals surface area contributed by atoms with Crippen LogP contribution in [0.15, 0.2) is 18.2 Å². The zero-order valence-corrected chi connectivity index (χ0v) is 11.8. The van der Waals surface area contributed by atoms with Crippen LogP contribution in [0.25, 0.3) is 0 Å². The summed E-state index contributed by atoms with van der Waals surface area (Å²) >= 11 is 0. The first kappa shape index (κ1) is 12.6. The molecule has 104 valence electrons. The number of benzene rings is 1. The number of hydrogen-bond donors (Lipinski definition) is 1. The molecule has 2 bridgehead atoms. The molecule has 2 atom stereocenters. The molecule has 0 amide bonds. The third-order valence-corrected chi connectivity index (χ3v) is 4.73. The Kier molecular flexibility index (Phi) is 3.27. The van der Waals surface area contributed by atoms with E-state index in [-0.39, 0.29) is 0 Å². The molecule has 0 aliphatic carbocycles. The summed E-state index contributed by atoms with van der Waals surface area (Å²) in [6.07, 6.45) is 3.93. The van der Waals surface area contributed by atoms with Gasteiger partial charge in [0, 0.05) is 36.9 Å². The van der Waals surface area contributed by atoms with Crippen molar-refractivity contribution >= 4 is 11.4 Å². The first-order chi connectivity index (χ1) is 9.19. The molecule has 0 spiro atoms. The zero-order chi connectivity index (χ0) is 13.4. The van der Waals surface area contributed by atoms with Gasteiger partial charge in [-0.25, -0.2) is 0 Å². The number of hydrogen-bond acceptors (Lipinski definition) is 4. The van der Waals surface area contributed by atoms with Gasteiger partial charge in [0.2, 0.25) is 0 Å². The number of anilines is 2. The molecule has 0 radical (unpaired) electrons. The summed E-state index contributed by atoms with van der Waals surface area (Å²) in [4.78, 5) is 5.04. The second-order valence-electron chi connectivity index (χ2n) is 5.71. The number of likely N-dealkylation sites (N-methyl/N-ethyl adjacent to an activating group) is 1. The van der Waals surface area contributed by atoms with E-state index >= 15 is 0 Å². The molecule has 4 nitrogen and oxygen atoms in total. The van der Waals surface area contributed by atoms with Crippen LogP contribution in [0, 0.1) is 0 Å². The Morgan fingerprint density at radius 1 is 1.21 bits per heavy atom. The first-order valence-electron chi connectivity index (χ1n) is 7.09. The highest BCUT2D eigenvalue weighted by molar-refractivity contribution is 5.62. The quantitative estimate of drug-likeness (QED) is 0.826. The van der Waals surface area contributed by atoms with Gasteiger partial charge in [-0.05, 0) is 38.4 Å². The second-order valence-corrected chi connectivity index (χ2v) is 5.71. The molecular weight excluding hydrogens is 238 g/mol. The fourth-order valence-electron chi connectivity index (χ4n) is 3.44. The minimum Gasteiger partial charge on any atom is -0.495 e. The van der Waals surface area contributed by atoms with Crippen LogP contribution in [-0.4, -0.2) is 44.2 Å². The van der Waals surface area contributed by atoms with E-state index in [0.29, 0.717) is 11.7 Å². The zero-order valence-electron chi connectivity index (χ0n) is 11.8. The van der Waals surface area contributed by atoms with E-state index in [4.69, 9.17) is 10.5 Å². The predicted octanol–water partition coefficient (Wildman–Crippen LogP) is 1.95. The van der Waals surface area contributed by atoms with Crippen LogP contribution in [0.1, 0.15) is 19.3 Å². The molecule has 1 aromatic carbocycles. The summed E-state index contributed by atoms with van der Waals surface area (Å²) in [7, 11) is 3.95. The van der Waals surface area contributed by atoms with Crippen LogP contribution in [0.5, 0.6) is 5.75 Å². The molecule has 0 saturated carbocycles. The van der Waals surface area contributed by atoms with Gasteiger partial charge in [0.1, 0.15) is 5.75 Å². The van der Waals surface area contributed by atoms with Crippen LogP contribution >= 0.6 is 0 Å². The molecule has 2 unspecified atom stereocenters. The SMILES string of the molecule is COc1cc(N2CCC3CCC(C2)N3C)ccc1N. The molecule has 1 aromatic rings. The standard InChI is InChI=1S/C15H23N3O/c1-17-11-3-4-13(17)10-18(8-7-11)12-5-6-14(16)15(9-12)19-2/h5-6,9,11,13H,3-4,7-8,10,16H2,1-2H3. The summed E-state index contributed by atoms with van der Waals surface area (Å²) < 4.78 is 5.33. The second kappa shape index (κ2) is 4.93. The molecule has 0 aromatic heterocycles. The third kappa shape index (κ3) is 2.25. The van der Waals surface area contributed by atoms with Crippen molar-refractivity contribution in [3.63, 3.8) is 0 Å². The van der Waals surface area contributed by atoms with Gasteiger partial charge in [0.25, 0.3) is 0 Å². The summed E-state index contributed by atoms with van der Waals surface area (Å²) in [6, 6.07) is 7.58. The molecule has 19 heavy (non-hydrogen) atoms. The number of nitrogens with two attached hydrogens (primary N) is 1. The van der Waals surface area contributed by atoms with Gasteiger partial charge in [-0.3, -0.25) is 4.90 Å². The molecule has 2 aliphatic rings. The number of fused-ring (bicyclic) bond motifs is 2. The van der Waals surface area contributed by atoms with Crippen molar-refractivity contribution in [2.45, 2.75) is 31.3 Å². The number of nitrogens with zero attached hydrogens (tertiary/aromatic N) is 2. The lowest BCUT2D eigenvalue weighted by Gasteiger charge is -2.28. The third-order valence-electron chi connectivity index (χ3n) is 4.73. The fraction of sp³-hybridized carbons (Fsp3) is 0.600. The van der Waals surface area contributed by atoms with Crippen molar-refractivity contribution in [2.24, 2.45) is 0 Å². The maximum Gasteiger partial charge on any atom is 0.143 e. The normalized spacial score (nSPS) is 27.4. The molecule has 2 N–H and O–H groups in total. The van der Waals surface area contributed by atoms with Crippen molar-refractivity contribution in [2.75, 3.05) is 37.9 Å². The molecule has 2 aliphatic heterocycles. The lowest BCUT2D eigenvalue weighted by atomic mass is 10.1. The lowest BCUT2D eigenvalue weighted by molar-refractivity contribution is 0.254. The maximum atomic E-state index is 5.89. The summed E-state index contributed by atoms with van der Waals surface area (Å²) in [6.45, 7) is 2.23.